The van der Waals surface area contributed by atoms with Crippen molar-refractivity contribution in [2.24, 2.45) is 16.8 Å². The lowest BCUT2D eigenvalue weighted by Gasteiger charge is -2.31. The molecule has 0 bridgehead atoms. The summed E-state index contributed by atoms with van der Waals surface area (Å²) in [5, 5.41) is 13.7. The van der Waals surface area contributed by atoms with Crippen LogP contribution in [0.5, 0.6) is 0 Å². The lowest BCUT2D eigenvalue weighted by Crippen LogP contribution is -2.45. The van der Waals surface area contributed by atoms with Crippen molar-refractivity contribution in [3.63, 3.8) is 0 Å². The zero-order chi connectivity index (χ0) is 21.0. The number of benzene rings is 1. The van der Waals surface area contributed by atoms with Gasteiger partial charge in [0.25, 0.3) is 5.69 Å². The Bertz CT molecular complexity index is 835. The molecule has 1 aliphatic carbocycles. The molecule has 2 unspecified atom stereocenters. The number of urea groups is 1. The van der Waals surface area contributed by atoms with E-state index in [1.807, 2.05) is 6.92 Å². The van der Waals surface area contributed by atoms with Crippen LogP contribution in [0, 0.1) is 22.0 Å². The molecule has 1 aliphatic heterocycles. The van der Waals surface area contributed by atoms with Crippen molar-refractivity contribution in [3.05, 3.63) is 38.9 Å². The standard InChI is InChI=1S/C20H24ClN3O5/c1-2-15-17(19(25)29-11-12-6-4-3-5-7-12)18(23-20(26)22-15)13-8-9-16(24(27)28)14(21)10-13/h8-10,12,17-18H,2-7,11H2,1H3,(H,23,26). The third-order valence-corrected chi connectivity index (χ3v) is 5.85. The third-order valence-electron chi connectivity index (χ3n) is 5.55. The highest BCUT2D eigenvalue weighted by molar-refractivity contribution is 6.32. The van der Waals surface area contributed by atoms with E-state index >= 15 is 0 Å². The second kappa shape index (κ2) is 9.35. The van der Waals surface area contributed by atoms with Crippen LogP contribution in [-0.4, -0.2) is 29.2 Å². The monoisotopic (exact) mass is 421 g/mol. The Balaban J connectivity index is 1.84. The summed E-state index contributed by atoms with van der Waals surface area (Å²) in [5.41, 5.74) is 0.689. The molecule has 1 saturated carbocycles. The average Bonchev–Trinajstić information content (AvgIpc) is 2.71. The van der Waals surface area contributed by atoms with E-state index in [2.05, 4.69) is 10.3 Å². The zero-order valence-electron chi connectivity index (χ0n) is 16.2. The Hall–Kier alpha value is -2.48. The molecule has 3 rings (SSSR count). The minimum Gasteiger partial charge on any atom is -0.465 e. The minimum absolute atomic E-state index is 0.0587. The lowest BCUT2D eigenvalue weighted by atomic mass is 9.86. The van der Waals surface area contributed by atoms with Crippen LogP contribution in [0.2, 0.25) is 5.02 Å². The second-order valence-electron chi connectivity index (χ2n) is 7.46. The average molecular weight is 422 g/mol. The van der Waals surface area contributed by atoms with Gasteiger partial charge in [-0.1, -0.05) is 37.8 Å². The Morgan fingerprint density at radius 3 is 2.69 bits per heavy atom. The van der Waals surface area contributed by atoms with Crippen LogP contribution in [0.25, 0.3) is 0 Å². The normalized spacial score (nSPS) is 22.6. The number of hydrogen-bond acceptors (Lipinski definition) is 5. The van der Waals surface area contributed by atoms with Crippen molar-refractivity contribution < 1.29 is 19.2 Å². The molecule has 1 N–H and O–H groups in total. The van der Waals surface area contributed by atoms with Crippen molar-refractivity contribution in [3.8, 4) is 0 Å². The van der Waals surface area contributed by atoms with Crippen molar-refractivity contribution in [2.75, 3.05) is 6.61 Å². The highest BCUT2D eigenvalue weighted by atomic mass is 35.5. The number of halogens is 1. The fraction of sp³-hybridized carbons (Fsp3) is 0.550. The van der Waals surface area contributed by atoms with Crippen molar-refractivity contribution in [2.45, 2.75) is 51.5 Å². The molecule has 1 heterocycles. The molecule has 1 fully saturated rings. The third kappa shape index (κ3) is 4.93. The number of hydrogen-bond donors (Lipinski definition) is 1. The SMILES string of the molecule is CCC1=NC(=O)NC(c2ccc([N+](=O)[O-])c(Cl)c2)C1C(=O)OCC1CCCCC1. The molecule has 0 saturated heterocycles. The van der Waals surface area contributed by atoms with Gasteiger partial charge in [0.05, 0.1) is 17.6 Å². The van der Waals surface area contributed by atoms with E-state index in [1.165, 1.54) is 24.6 Å². The van der Waals surface area contributed by atoms with Crippen LogP contribution in [0.1, 0.15) is 57.1 Å². The zero-order valence-corrected chi connectivity index (χ0v) is 17.0. The van der Waals surface area contributed by atoms with Crippen LogP contribution in [-0.2, 0) is 9.53 Å². The predicted molar refractivity (Wildman–Crippen MR) is 108 cm³/mol. The Morgan fingerprint density at radius 2 is 2.07 bits per heavy atom. The first-order chi connectivity index (χ1) is 13.9. The van der Waals surface area contributed by atoms with Gasteiger partial charge in [0.15, 0.2) is 0 Å². The summed E-state index contributed by atoms with van der Waals surface area (Å²) >= 11 is 6.04. The summed E-state index contributed by atoms with van der Waals surface area (Å²) in [5.74, 6) is -0.880. The number of amides is 2. The number of carbonyl (C=O) groups excluding carboxylic acids is 2. The first-order valence-corrected chi connectivity index (χ1v) is 10.3. The van der Waals surface area contributed by atoms with Crippen LogP contribution in [0.15, 0.2) is 23.2 Å². The molecular formula is C20H24ClN3O5. The van der Waals surface area contributed by atoms with E-state index in [-0.39, 0.29) is 10.7 Å². The van der Waals surface area contributed by atoms with Gasteiger partial charge < -0.3 is 10.1 Å². The Morgan fingerprint density at radius 1 is 1.34 bits per heavy atom. The van der Waals surface area contributed by atoms with E-state index in [1.54, 1.807) is 0 Å². The Labute approximate surface area is 173 Å². The summed E-state index contributed by atoms with van der Waals surface area (Å²) in [6, 6.07) is 2.87. The summed E-state index contributed by atoms with van der Waals surface area (Å²) in [6.07, 6.45) is 6.01. The number of esters is 1. The van der Waals surface area contributed by atoms with Crippen LogP contribution in [0.3, 0.4) is 0 Å². The molecule has 156 valence electrons. The van der Waals surface area contributed by atoms with Gasteiger partial charge >= 0.3 is 12.0 Å². The number of nitrogens with zero attached hydrogens (tertiary/aromatic N) is 2. The van der Waals surface area contributed by atoms with Gasteiger partial charge in [-0.15, -0.1) is 0 Å². The lowest BCUT2D eigenvalue weighted by molar-refractivity contribution is -0.384. The summed E-state index contributed by atoms with van der Waals surface area (Å²) in [6.45, 7) is 2.17. The van der Waals surface area contributed by atoms with E-state index in [9.17, 15) is 19.7 Å². The number of nitro benzene ring substituents is 1. The summed E-state index contributed by atoms with van der Waals surface area (Å²) < 4.78 is 5.62. The van der Waals surface area contributed by atoms with E-state index in [0.717, 1.165) is 25.7 Å². The number of nitro groups is 1. The number of ether oxygens (including phenoxy) is 1. The van der Waals surface area contributed by atoms with Gasteiger partial charge in [0.2, 0.25) is 0 Å². The number of aliphatic imine (C=N–C) groups is 1. The maximum absolute atomic E-state index is 13.0. The first-order valence-electron chi connectivity index (χ1n) is 9.89. The van der Waals surface area contributed by atoms with Gasteiger partial charge in [-0.05, 0) is 42.9 Å². The van der Waals surface area contributed by atoms with Crippen LogP contribution < -0.4 is 5.32 Å². The van der Waals surface area contributed by atoms with Gasteiger partial charge in [-0.25, -0.2) is 9.79 Å². The maximum Gasteiger partial charge on any atom is 0.341 e. The van der Waals surface area contributed by atoms with E-state index in [0.29, 0.717) is 30.2 Å². The first kappa shape index (κ1) is 21.2. The van der Waals surface area contributed by atoms with E-state index in [4.69, 9.17) is 16.3 Å². The van der Waals surface area contributed by atoms with Gasteiger partial charge in [0, 0.05) is 11.8 Å². The quantitative estimate of drug-likeness (QED) is 0.409. The second-order valence-corrected chi connectivity index (χ2v) is 7.87. The molecule has 2 amide bonds. The number of carbonyl (C=O) groups is 2. The highest BCUT2D eigenvalue weighted by Gasteiger charge is 2.39. The van der Waals surface area contributed by atoms with Gasteiger partial charge in [0.1, 0.15) is 10.9 Å². The molecule has 0 aromatic heterocycles. The molecule has 0 radical (unpaired) electrons. The molecule has 2 atom stereocenters. The van der Waals surface area contributed by atoms with Crippen LogP contribution >= 0.6 is 11.6 Å². The number of rotatable bonds is 6. The molecular weight excluding hydrogens is 398 g/mol. The predicted octanol–water partition coefficient (Wildman–Crippen LogP) is 4.60. The molecule has 1 aromatic rings. The smallest absolute Gasteiger partial charge is 0.341 e. The van der Waals surface area contributed by atoms with E-state index < -0.39 is 28.9 Å². The fourth-order valence-electron chi connectivity index (χ4n) is 4.00. The van der Waals surface area contributed by atoms with Crippen molar-refractivity contribution in [1.29, 1.82) is 0 Å². The summed E-state index contributed by atoms with van der Waals surface area (Å²) in [4.78, 5) is 39.4. The Kier molecular flexibility index (Phi) is 6.84. The molecule has 29 heavy (non-hydrogen) atoms. The molecule has 9 heteroatoms. The topological polar surface area (TPSA) is 111 Å². The van der Waals surface area contributed by atoms with Crippen LogP contribution in [0.4, 0.5) is 10.5 Å². The number of nitrogens with one attached hydrogen (secondary N) is 1. The van der Waals surface area contributed by atoms with Crippen molar-refractivity contribution >= 4 is 35.0 Å². The van der Waals surface area contributed by atoms with Gasteiger partial charge in [-0.3, -0.25) is 14.9 Å². The fourth-order valence-corrected chi connectivity index (χ4v) is 4.25. The largest absolute Gasteiger partial charge is 0.465 e. The maximum atomic E-state index is 13.0. The molecule has 0 spiro atoms. The van der Waals surface area contributed by atoms with Gasteiger partial charge in [-0.2, -0.15) is 0 Å². The highest BCUT2D eigenvalue weighted by Crippen LogP contribution is 2.34. The van der Waals surface area contributed by atoms with Crippen molar-refractivity contribution in [1.82, 2.24) is 5.32 Å². The molecule has 1 aromatic carbocycles. The molecule has 2 aliphatic rings. The minimum atomic E-state index is -0.793. The molecule has 8 nitrogen and oxygen atoms in total. The summed E-state index contributed by atoms with van der Waals surface area (Å²) in [7, 11) is 0.